The number of rotatable bonds is 4. The van der Waals surface area contributed by atoms with Crippen molar-refractivity contribution in [1.29, 1.82) is 0 Å². The number of pyridine rings is 1. The molecule has 0 unspecified atom stereocenters. The van der Waals surface area contributed by atoms with E-state index in [9.17, 15) is 4.79 Å². The average Bonchev–Trinajstić information content (AvgIpc) is 3.46. The number of thiophene rings is 1. The van der Waals surface area contributed by atoms with Gasteiger partial charge in [0.2, 0.25) is 0 Å². The van der Waals surface area contributed by atoms with E-state index in [1.807, 2.05) is 35.9 Å². The smallest absolute Gasteiger partial charge is 0.273 e. The van der Waals surface area contributed by atoms with Gasteiger partial charge in [-0.2, -0.15) is 0 Å². The molecule has 0 spiro atoms. The Kier molecular flexibility index (Phi) is 4.22. The van der Waals surface area contributed by atoms with Gasteiger partial charge in [-0.1, -0.05) is 22.7 Å². The number of carbonyl (C=O) groups is 1. The van der Waals surface area contributed by atoms with Crippen molar-refractivity contribution in [3.63, 3.8) is 0 Å². The van der Waals surface area contributed by atoms with Crippen molar-refractivity contribution in [1.82, 2.24) is 29.4 Å². The van der Waals surface area contributed by atoms with Crippen LogP contribution >= 0.6 is 22.9 Å². The molecule has 1 amide bonds. The van der Waals surface area contributed by atoms with Gasteiger partial charge in [-0.15, -0.1) is 16.4 Å². The highest BCUT2D eigenvalue weighted by atomic mass is 32.1. The molecule has 0 aliphatic heterocycles. The van der Waals surface area contributed by atoms with Crippen LogP contribution in [0.1, 0.15) is 16.1 Å². The van der Waals surface area contributed by atoms with Gasteiger partial charge in [0.15, 0.2) is 11.5 Å². The van der Waals surface area contributed by atoms with E-state index < -0.39 is 0 Å². The number of aromatic nitrogens is 5. The molecule has 0 bridgehead atoms. The number of fused-ring (bicyclic) bond motifs is 3. The Morgan fingerprint density at radius 3 is 3.03 bits per heavy atom. The Labute approximate surface area is 173 Å². The fourth-order valence-electron chi connectivity index (χ4n) is 3.22. The number of nitrogens with two attached hydrogens (primary N) is 1. The van der Waals surface area contributed by atoms with Crippen LogP contribution in [0.4, 0.5) is 5.82 Å². The highest BCUT2D eigenvalue weighted by molar-refractivity contribution is 7.23. The van der Waals surface area contributed by atoms with E-state index in [-0.39, 0.29) is 5.91 Å². The number of hydrogen-bond donors (Lipinski definition) is 2. The van der Waals surface area contributed by atoms with E-state index in [0.29, 0.717) is 18.1 Å². The normalized spacial score (nSPS) is 11.3. The Morgan fingerprint density at radius 1 is 1.31 bits per heavy atom. The van der Waals surface area contributed by atoms with Crippen LogP contribution in [-0.2, 0) is 13.6 Å². The fraction of sp³-hybridized carbons (Fsp3) is 0.105. The summed E-state index contributed by atoms with van der Waals surface area (Å²) in [7, 11) is 1.95. The van der Waals surface area contributed by atoms with Gasteiger partial charge in [-0.05, 0) is 34.8 Å². The van der Waals surface area contributed by atoms with Crippen molar-refractivity contribution < 1.29 is 4.79 Å². The molecule has 4 heterocycles. The molecule has 3 N–H and O–H groups in total. The molecule has 0 aliphatic carbocycles. The third-order valence-electron chi connectivity index (χ3n) is 4.61. The van der Waals surface area contributed by atoms with Gasteiger partial charge >= 0.3 is 0 Å². The zero-order chi connectivity index (χ0) is 20.0. The lowest BCUT2D eigenvalue weighted by atomic mass is 10.1. The quantitative estimate of drug-likeness (QED) is 0.461. The molecule has 8 nitrogen and oxygen atoms in total. The summed E-state index contributed by atoms with van der Waals surface area (Å²) >= 11 is 2.81. The predicted molar refractivity (Wildman–Crippen MR) is 115 cm³/mol. The van der Waals surface area contributed by atoms with E-state index in [2.05, 4.69) is 30.9 Å². The summed E-state index contributed by atoms with van der Waals surface area (Å²) in [6.45, 7) is 0.409. The lowest BCUT2D eigenvalue weighted by Gasteiger charge is -2.05. The summed E-state index contributed by atoms with van der Waals surface area (Å²) in [5.74, 6) is 0.203. The molecule has 1 aromatic carbocycles. The minimum atomic E-state index is -0.232. The van der Waals surface area contributed by atoms with Gasteiger partial charge in [0, 0.05) is 23.8 Å². The second kappa shape index (κ2) is 6.90. The van der Waals surface area contributed by atoms with E-state index in [4.69, 9.17) is 5.73 Å². The highest BCUT2D eigenvalue weighted by Crippen LogP contribution is 2.38. The van der Waals surface area contributed by atoms with Crippen LogP contribution in [0.3, 0.4) is 0 Å². The third kappa shape index (κ3) is 3.12. The second-order valence-electron chi connectivity index (χ2n) is 6.55. The maximum absolute atomic E-state index is 12.1. The lowest BCUT2D eigenvalue weighted by molar-refractivity contribution is 0.0946. The molecular weight excluding hydrogens is 406 g/mol. The largest absolute Gasteiger partial charge is 0.382 e. The SMILES string of the molecule is Cn1cnc2c(N)nc3cc(-c4cccc(CNC(=O)c5csnn5)c4)sc3c21. The maximum Gasteiger partial charge on any atom is 0.273 e. The van der Waals surface area contributed by atoms with Crippen molar-refractivity contribution in [3.05, 3.63) is 53.3 Å². The van der Waals surface area contributed by atoms with Crippen molar-refractivity contribution in [2.24, 2.45) is 7.05 Å². The van der Waals surface area contributed by atoms with Gasteiger partial charge in [0.25, 0.3) is 5.91 Å². The molecule has 29 heavy (non-hydrogen) atoms. The van der Waals surface area contributed by atoms with Gasteiger partial charge in [0.1, 0.15) is 5.52 Å². The number of anilines is 1. The van der Waals surface area contributed by atoms with Gasteiger partial charge in [-0.3, -0.25) is 4.79 Å². The zero-order valence-corrected chi connectivity index (χ0v) is 16.9. The number of nitrogens with zero attached hydrogens (tertiary/aromatic N) is 5. The summed E-state index contributed by atoms with van der Waals surface area (Å²) < 4.78 is 6.74. The second-order valence-corrected chi connectivity index (χ2v) is 8.21. The number of aryl methyl sites for hydroxylation is 1. The van der Waals surface area contributed by atoms with Crippen molar-refractivity contribution in [2.45, 2.75) is 6.54 Å². The van der Waals surface area contributed by atoms with Gasteiger partial charge in [0.05, 0.1) is 22.1 Å². The Morgan fingerprint density at radius 2 is 2.21 bits per heavy atom. The van der Waals surface area contributed by atoms with Crippen LogP contribution in [0.15, 0.2) is 42.0 Å². The van der Waals surface area contributed by atoms with Crippen molar-refractivity contribution in [2.75, 3.05) is 5.73 Å². The molecule has 0 saturated carbocycles. The summed E-state index contributed by atoms with van der Waals surface area (Å²) in [4.78, 5) is 22.0. The average molecular weight is 422 g/mol. The molecule has 0 atom stereocenters. The summed E-state index contributed by atoms with van der Waals surface area (Å²) in [5.41, 5.74) is 11.0. The van der Waals surface area contributed by atoms with Gasteiger partial charge < -0.3 is 15.6 Å². The summed E-state index contributed by atoms with van der Waals surface area (Å²) in [6.07, 6.45) is 1.75. The standard InChI is InChI=1S/C19H15N7OS2/c1-26-9-22-15-16(26)17-12(23-18(15)20)6-14(29-17)11-4-2-3-10(5-11)7-21-19(27)13-8-28-25-24-13/h2-6,8-9H,7H2,1H3,(H2,20,23)(H,21,27). The van der Waals surface area contributed by atoms with E-state index in [0.717, 1.165) is 48.8 Å². The van der Waals surface area contributed by atoms with Crippen LogP contribution in [0.5, 0.6) is 0 Å². The first kappa shape index (κ1) is 17.7. The summed E-state index contributed by atoms with van der Waals surface area (Å²) in [5, 5.41) is 8.28. The first-order valence-electron chi connectivity index (χ1n) is 8.75. The molecule has 10 heteroatoms. The number of hydrogen-bond acceptors (Lipinski definition) is 8. The fourth-order valence-corrected chi connectivity index (χ4v) is 4.83. The zero-order valence-electron chi connectivity index (χ0n) is 15.3. The molecule has 0 saturated heterocycles. The molecule has 5 rings (SSSR count). The van der Waals surface area contributed by atoms with Crippen LogP contribution in [-0.4, -0.2) is 30.0 Å². The van der Waals surface area contributed by atoms with Crippen LogP contribution < -0.4 is 11.1 Å². The maximum atomic E-state index is 12.1. The Bertz CT molecular complexity index is 1350. The topological polar surface area (TPSA) is 112 Å². The molecule has 4 aromatic heterocycles. The van der Waals surface area contributed by atoms with E-state index >= 15 is 0 Å². The minimum absolute atomic E-state index is 0.232. The number of nitrogens with one attached hydrogen (secondary N) is 1. The van der Waals surface area contributed by atoms with Crippen LogP contribution in [0.2, 0.25) is 0 Å². The number of imidazole rings is 1. The molecular formula is C19H15N7OS2. The minimum Gasteiger partial charge on any atom is -0.382 e. The lowest BCUT2D eigenvalue weighted by Crippen LogP contribution is -2.23. The number of carbonyl (C=O) groups excluding carboxylic acids is 1. The first-order valence-corrected chi connectivity index (χ1v) is 10.4. The number of amides is 1. The van der Waals surface area contributed by atoms with Crippen molar-refractivity contribution >= 4 is 55.8 Å². The Hall–Kier alpha value is -3.37. The monoisotopic (exact) mass is 421 g/mol. The van der Waals surface area contributed by atoms with Crippen LogP contribution in [0.25, 0.3) is 31.7 Å². The van der Waals surface area contributed by atoms with E-state index in [1.54, 1.807) is 23.0 Å². The number of benzene rings is 1. The predicted octanol–water partition coefficient (Wildman–Crippen LogP) is 3.21. The Balaban J connectivity index is 1.47. The molecule has 144 valence electrons. The van der Waals surface area contributed by atoms with Crippen molar-refractivity contribution in [3.8, 4) is 10.4 Å². The third-order valence-corrected chi connectivity index (χ3v) is 6.29. The molecule has 5 aromatic rings. The van der Waals surface area contributed by atoms with Gasteiger partial charge in [-0.25, -0.2) is 9.97 Å². The molecule has 0 fully saturated rings. The van der Waals surface area contributed by atoms with E-state index in [1.165, 1.54) is 0 Å². The molecule has 0 radical (unpaired) electrons. The highest BCUT2D eigenvalue weighted by Gasteiger charge is 2.15. The molecule has 0 aliphatic rings. The first-order chi connectivity index (χ1) is 14.1. The van der Waals surface area contributed by atoms with Crippen LogP contribution in [0, 0.1) is 0 Å². The number of nitrogen functional groups attached to an aromatic ring is 1. The summed E-state index contributed by atoms with van der Waals surface area (Å²) in [6, 6.07) is 10.1.